The number of rotatable bonds is 3. The number of anilines is 1. The lowest BCUT2D eigenvalue weighted by molar-refractivity contribution is 0.267. The maximum Gasteiger partial charge on any atom is 0.233 e. The molecule has 0 fully saturated rings. The SMILES string of the molecule is Nc1ccc2nc(COc3cc(Cl)c(Br)cc3Cl)oc2c1. The Labute approximate surface area is 138 Å². The van der Waals surface area contributed by atoms with Crippen LogP contribution in [0.15, 0.2) is 39.2 Å². The number of oxazole rings is 1. The highest BCUT2D eigenvalue weighted by molar-refractivity contribution is 9.10. The Morgan fingerprint density at radius 1 is 1.19 bits per heavy atom. The van der Waals surface area contributed by atoms with Crippen LogP contribution >= 0.6 is 39.1 Å². The average molecular weight is 388 g/mol. The Morgan fingerprint density at radius 2 is 2.00 bits per heavy atom. The summed E-state index contributed by atoms with van der Waals surface area (Å²) in [6.45, 7) is 0.145. The first kappa shape index (κ1) is 14.5. The second-order valence-corrected chi connectivity index (χ2v) is 5.99. The Balaban J connectivity index is 1.81. The van der Waals surface area contributed by atoms with Crippen molar-refractivity contribution in [3.63, 3.8) is 0 Å². The molecule has 0 radical (unpaired) electrons. The molecule has 7 heteroatoms. The number of fused-ring (bicyclic) bond motifs is 1. The molecule has 0 saturated carbocycles. The van der Waals surface area contributed by atoms with Gasteiger partial charge in [0.15, 0.2) is 12.2 Å². The van der Waals surface area contributed by atoms with E-state index >= 15 is 0 Å². The van der Waals surface area contributed by atoms with Crippen LogP contribution in [0.25, 0.3) is 11.1 Å². The number of aromatic nitrogens is 1. The molecule has 0 saturated heterocycles. The first-order valence-electron chi connectivity index (χ1n) is 5.95. The minimum atomic E-state index is 0.145. The van der Waals surface area contributed by atoms with Crippen molar-refractivity contribution in [3.8, 4) is 5.75 Å². The minimum Gasteiger partial charge on any atom is -0.482 e. The molecule has 1 heterocycles. The van der Waals surface area contributed by atoms with Crippen molar-refractivity contribution in [1.82, 2.24) is 4.98 Å². The van der Waals surface area contributed by atoms with Gasteiger partial charge in [-0.05, 0) is 34.1 Å². The molecule has 2 aromatic carbocycles. The van der Waals surface area contributed by atoms with Crippen LogP contribution in [0.5, 0.6) is 5.75 Å². The van der Waals surface area contributed by atoms with Crippen molar-refractivity contribution in [2.75, 3.05) is 5.73 Å². The van der Waals surface area contributed by atoms with Crippen LogP contribution in [-0.4, -0.2) is 4.98 Å². The number of nitrogens with zero attached hydrogens (tertiary/aromatic N) is 1. The monoisotopic (exact) mass is 386 g/mol. The van der Waals surface area contributed by atoms with E-state index < -0.39 is 0 Å². The third kappa shape index (κ3) is 3.10. The van der Waals surface area contributed by atoms with Gasteiger partial charge in [0, 0.05) is 22.3 Å². The normalized spacial score (nSPS) is 11.0. The molecular formula is C14H9BrCl2N2O2. The molecule has 0 atom stereocenters. The van der Waals surface area contributed by atoms with Crippen molar-refractivity contribution in [2.45, 2.75) is 6.61 Å². The zero-order valence-electron chi connectivity index (χ0n) is 10.6. The Kier molecular flexibility index (Phi) is 3.97. The molecule has 0 aliphatic carbocycles. The Morgan fingerprint density at radius 3 is 2.81 bits per heavy atom. The molecule has 4 nitrogen and oxygen atoms in total. The van der Waals surface area contributed by atoms with Crippen molar-refractivity contribution >= 4 is 55.9 Å². The van der Waals surface area contributed by atoms with Crippen LogP contribution in [0.3, 0.4) is 0 Å². The molecular weight excluding hydrogens is 379 g/mol. The van der Waals surface area contributed by atoms with E-state index in [1.165, 1.54) is 0 Å². The van der Waals surface area contributed by atoms with Gasteiger partial charge in [0.05, 0.1) is 10.0 Å². The van der Waals surface area contributed by atoms with Gasteiger partial charge in [0.1, 0.15) is 11.3 Å². The van der Waals surface area contributed by atoms with Gasteiger partial charge in [0.2, 0.25) is 5.89 Å². The molecule has 0 spiro atoms. The lowest BCUT2D eigenvalue weighted by Crippen LogP contribution is -1.96. The summed E-state index contributed by atoms with van der Waals surface area (Å²) >= 11 is 15.4. The number of hydrogen-bond donors (Lipinski definition) is 1. The zero-order valence-corrected chi connectivity index (χ0v) is 13.7. The Bertz CT molecular complexity index is 820. The van der Waals surface area contributed by atoms with Crippen molar-refractivity contribution in [3.05, 3.63) is 50.7 Å². The van der Waals surface area contributed by atoms with Crippen molar-refractivity contribution in [1.29, 1.82) is 0 Å². The van der Waals surface area contributed by atoms with Gasteiger partial charge < -0.3 is 14.9 Å². The molecule has 2 N–H and O–H groups in total. The number of nitrogens with two attached hydrogens (primary N) is 1. The number of ether oxygens (including phenoxy) is 1. The van der Waals surface area contributed by atoms with Gasteiger partial charge in [-0.3, -0.25) is 0 Å². The smallest absolute Gasteiger partial charge is 0.233 e. The minimum absolute atomic E-state index is 0.145. The van der Waals surface area contributed by atoms with Gasteiger partial charge in [0.25, 0.3) is 0 Å². The summed E-state index contributed by atoms with van der Waals surface area (Å²) in [5.74, 6) is 0.900. The highest BCUT2D eigenvalue weighted by atomic mass is 79.9. The molecule has 21 heavy (non-hydrogen) atoms. The second kappa shape index (κ2) is 5.75. The Hall–Kier alpha value is -1.43. The molecule has 108 valence electrons. The van der Waals surface area contributed by atoms with E-state index in [-0.39, 0.29) is 6.61 Å². The van der Waals surface area contributed by atoms with Gasteiger partial charge in [-0.1, -0.05) is 23.2 Å². The average Bonchev–Trinajstić information content (AvgIpc) is 2.83. The van der Waals surface area contributed by atoms with Gasteiger partial charge in [-0.25, -0.2) is 4.98 Å². The standard InChI is InChI=1S/C14H9BrCl2N2O2/c15-8-4-10(17)12(5-9(8)16)20-6-14-19-11-2-1-7(18)3-13(11)21-14/h1-5H,6,18H2. The number of hydrogen-bond acceptors (Lipinski definition) is 4. The highest BCUT2D eigenvalue weighted by Crippen LogP contribution is 2.34. The van der Waals surface area contributed by atoms with Gasteiger partial charge >= 0.3 is 0 Å². The second-order valence-electron chi connectivity index (χ2n) is 4.32. The molecule has 3 aromatic rings. The van der Waals surface area contributed by atoms with E-state index in [1.54, 1.807) is 30.3 Å². The number of halogens is 3. The summed E-state index contributed by atoms with van der Waals surface area (Å²) in [6, 6.07) is 8.58. The van der Waals surface area contributed by atoms with Crippen LogP contribution in [0, 0.1) is 0 Å². The summed E-state index contributed by atoms with van der Waals surface area (Å²) in [6.07, 6.45) is 0. The number of benzene rings is 2. The van der Waals surface area contributed by atoms with Crippen molar-refractivity contribution < 1.29 is 9.15 Å². The molecule has 0 aliphatic rings. The summed E-state index contributed by atoms with van der Waals surface area (Å²) in [7, 11) is 0. The zero-order chi connectivity index (χ0) is 15.0. The molecule has 1 aromatic heterocycles. The number of nitrogen functional groups attached to an aromatic ring is 1. The van der Waals surface area contributed by atoms with Crippen LogP contribution in [-0.2, 0) is 6.61 Å². The fourth-order valence-electron chi connectivity index (χ4n) is 1.81. The molecule has 0 amide bonds. The highest BCUT2D eigenvalue weighted by Gasteiger charge is 2.10. The largest absolute Gasteiger partial charge is 0.482 e. The van der Waals surface area contributed by atoms with Gasteiger partial charge in [-0.2, -0.15) is 0 Å². The first-order valence-corrected chi connectivity index (χ1v) is 7.50. The molecule has 3 rings (SSSR count). The van der Waals surface area contributed by atoms with Crippen molar-refractivity contribution in [2.24, 2.45) is 0 Å². The predicted molar refractivity (Wildman–Crippen MR) is 86.9 cm³/mol. The lowest BCUT2D eigenvalue weighted by Gasteiger charge is -2.07. The van der Waals surface area contributed by atoms with E-state index in [4.69, 9.17) is 38.1 Å². The summed E-state index contributed by atoms with van der Waals surface area (Å²) < 4.78 is 11.9. The fraction of sp³-hybridized carbons (Fsp3) is 0.0714. The molecule has 0 aliphatic heterocycles. The molecule has 0 bridgehead atoms. The van der Waals surface area contributed by atoms with E-state index in [1.807, 2.05) is 0 Å². The molecule has 0 unspecified atom stereocenters. The van der Waals surface area contributed by atoms with Crippen LogP contribution < -0.4 is 10.5 Å². The summed E-state index contributed by atoms with van der Waals surface area (Å²) in [4.78, 5) is 4.31. The topological polar surface area (TPSA) is 61.3 Å². The van der Waals surface area contributed by atoms with Crippen LogP contribution in [0.4, 0.5) is 5.69 Å². The predicted octanol–water partition coefficient (Wildman–Crippen LogP) is 5.06. The van der Waals surface area contributed by atoms with E-state index in [9.17, 15) is 0 Å². The third-order valence-corrected chi connectivity index (χ3v) is 4.28. The van der Waals surface area contributed by atoms with E-state index in [2.05, 4.69) is 20.9 Å². The maximum absolute atomic E-state index is 6.09. The van der Waals surface area contributed by atoms with Crippen LogP contribution in [0.2, 0.25) is 10.0 Å². The quantitative estimate of drug-likeness (QED) is 0.504. The summed E-state index contributed by atoms with van der Waals surface area (Å²) in [5.41, 5.74) is 7.66. The summed E-state index contributed by atoms with van der Waals surface area (Å²) in [5, 5.41) is 0.964. The first-order chi connectivity index (χ1) is 10.0. The van der Waals surface area contributed by atoms with E-state index in [0.29, 0.717) is 37.4 Å². The lowest BCUT2D eigenvalue weighted by atomic mass is 10.3. The van der Waals surface area contributed by atoms with Crippen LogP contribution in [0.1, 0.15) is 5.89 Å². The third-order valence-electron chi connectivity index (χ3n) is 2.78. The van der Waals surface area contributed by atoms with Gasteiger partial charge in [-0.15, -0.1) is 0 Å². The maximum atomic E-state index is 6.09. The fourth-order valence-corrected chi connectivity index (χ4v) is 2.65. The van der Waals surface area contributed by atoms with E-state index in [0.717, 1.165) is 5.52 Å².